The van der Waals surface area contributed by atoms with Gasteiger partial charge in [0.1, 0.15) is 5.82 Å². The van der Waals surface area contributed by atoms with Crippen LogP contribution in [0.15, 0.2) is 83.9 Å². The van der Waals surface area contributed by atoms with Gasteiger partial charge in [-0.2, -0.15) is 0 Å². The Balaban J connectivity index is 1.63. The summed E-state index contributed by atoms with van der Waals surface area (Å²) in [6.07, 6.45) is 4.64. The van der Waals surface area contributed by atoms with Crippen molar-refractivity contribution in [1.29, 1.82) is 0 Å². The van der Waals surface area contributed by atoms with Crippen LogP contribution in [-0.2, 0) is 14.8 Å². The number of anilines is 2. The maximum atomic E-state index is 12.4. The number of aryl methyl sites for hydroxylation is 1. The monoisotopic (exact) mass is 393 g/mol. The van der Waals surface area contributed by atoms with Crippen LogP contribution in [0.25, 0.3) is 6.08 Å². The Kier molecular flexibility index (Phi) is 5.86. The quantitative estimate of drug-likeness (QED) is 0.623. The maximum absolute atomic E-state index is 12.4. The zero-order chi connectivity index (χ0) is 20.0. The Labute approximate surface area is 164 Å². The summed E-state index contributed by atoms with van der Waals surface area (Å²) >= 11 is 0. The van der Waals surface area contributed by atoms with Gasteiger partial charge in [0.25, 0.3) is 10.0 Å². The molecule has 2 N–H and O–H groups in total. The molecule has 1 heterocycles. The Morgan fingerprint density at radius 3 is 2.32 bits per heavy atom. The number of benzene rings is 2. The second-order valence-corrected chi connectivity index (χ2v) is 7.76. The van der Waals surface area contributed by atoms with E-state index in [0.29, 0.717) is 5.69 Å². The zero-order valence-corrected chi connectivity index (χ0v) is 16.0. The van der Waals surface area contributed by atoms with Crippen molar-refractivity contribution in [3.63, 3.8) is 0 Å². The molecular formula is C21H19N3O3S. The molecular weight excluding hydrogens is 374 g/mol. The van der Waals surface area contributed by atoms with E-state index in [0.717, 1.165) is 11.1 Å². The average molecular weight is 393 g/mol. The number of rotatable bonds is 6. The van der Waals surface area contributed by atoms with Crippen molar-refractivity contribution in [3.8, 4) is 0 Å². The third-order valence-electron chi connectivity index (χ3n) is 3.84. The van der Waals surface area contributed by atoms with Gasteiger partial charge in [-0.25, -0.2) is 13.4 Å². The summed E-state index contributed by atoms with van der Waals surface area (Å²) < 4.78 is 27.1. The number of aromatic nitrogens is 1. The predicted molar refractivity (Wildman–Crippen MR) is 110 cm³/mol. The van der Waals surface area contributed by atoms with E-state index in [1.54, 1.807) is 24.3 Å². The summed E-state index contributed by atoms with van der Waals surface area (Å²) in [5, 5.41) is 2.70. The molecule has 0 saturated heterocycles. The van der Waals surface area contributed by atoms with E-state index in [2.05, 4.69) is 15.0 Å². The van der Waals surface area contributed by atoms with E-state index < -0.39 is 10.0 Å². The minimum Gasteiger partial charge on any atom is -0.323 e. The van der Waals surface area contributed by atoms with Crippen molar-refractivity contribution >= 4 is 33.5 Å². The van der Waals surface area contributed by atoms with Gasteiger partial charge in [0.15, 0.2) is 0 Å². The SMILES string of the molecule is Cc1ccc(/C=C/C(=O)Nc2ccc(S(=O)(=O)Nc3ccccn3)cc2)cc1. The number of sulfonamides is 1. The van der Waals surface area contributed by atoms with Gasteiger partial charge < -0.3 is 5.32 Å². The molecule has 2 aromatic carbocycles. The van der Waals surface area contributed by atoms with E-state index in [4.69, 9.17) is 0 Å². The van der Waals surface area contributed by atoms with Crippen LogP contribution in [0.3, 0.4) is 0 Å². The molecule has 0 aliphatic carbocycles. The Bertz CT molecular complexity index is 1080. The van der Waals surface area contributed by atoms with Crippen LogP contribution in [0.2, 0.25) is 0 Å². The van der Waals surface area contributed by atoms with Gasteiger partial charge in [-0.05, 0) is 55.0 Å². The highest BCUT2D eigenvalue weighted by Crippen LogP contribution is 2.17. The first-order chi connectivity index (χ1) is 13.4. The van der Waals surface area contributed by atoms with Crippen LogP contribution in [0.4, 0.5) is 11.5 Å². The summed E-state index contributed by atoms with van der Waals surface area (Å²) in [5.74, 6) is -0.0658. The summed E-state index contributed by atoms with van der Waals surface area (Å²) in [4.78, 5) is 16.1. The first kappa shape index (κ1) is 19.3. The predicted octanol–water partition coefficient (Wildman–Crippen LogP) is 3.84. The lowest BCUT2D eigenvalue weighted by atomic mass is 10.1. The highest BCUT2D eigenvalue weighted by molar-refractivity contribution is 7.92. The summed E-state index contributed by atoms with van der Waals surface area (Å²) in [5.41, 5.74) is 2.56. The lowest BCUT2D eigenvalue weighted by Gasteiger charge is -2.08. The number of carbonyl (C=O) groups excluding carboxylic acids is 1. The van der Waals surface area contributed by atoms with E-state index >= 15 is 0 Å². The molecule has 1 aromatic heterocycles. The summed E-state index contributed by atoms with van der Waals surface area (Å²) in [6.45, 7) is 2.00. The zero-order valence-electron chi connectivity index (χ0n) is 15.2. The molecule has 3 rings (SSSR count). The number of pyridine rings is 1. The van der Waals surface area contributed by atoms with Crippen LogP contribution in [-0.4, -0.2) is 19.3 Å². The van der Waals surface area contributed by atoms with Gasteiger partial charge in [-0.3, -0.25) is 9.52 Å². The van der Waals surface area contributed by atoms with Crippen LogP contribution >= 0.6 is 0 Å². The molecule has 6 nitrogen and oxygen atoms in total. The molecule has 0 spiro atoms. The number of nitrogens with one attached hydrogen (secondary N) is 2. The van der Waals surface area contributed by atoms with Crippen molar-refractivity contribution < 1.29 is 13.2 Å². The smallest absolute Gasteiger partial charge is 0.263 e. The topological polar surface area (TPSA) is 88.2 Å². The second kappa shape index (κ2) is 8.49. The molecule has 1 amide bonds. The van der Waals surface area contributed by atoms with Crippen LogP contribution in [0, 0.1) is 6.92 Å². The lowest BCUT2D eigenvalue weighted by Crippen LogP contribution is -2.14. The van der Waals surface area contributed by atoms with Crippen molar-refractivity contribution in [2.75, 3.05) is 10.0 Å². The van der Waals surface area contributed by atoms with Gasteiger partial charge in [-0.15, -0.1) is 0 Å². The van der Waals surface area contributed by atoms with Crippen molar-refractivity contribution in [3.05, 3.63) is 90.1 Å². The minimum absolute atomic E-state index is 0.0753. The van der Waals surface area contributed by atoms with Crippen LogP contribution in [0.1, 0.15) is 11.1 Å². The van der Waals surface area contributed by atoms with Crippen molar-refractivity contribution in [1.82, 2.24) is 4.98 Å². The number of amides is 1. The number of hydrogen-bond donors (Lipinski definition) is 2. The molecule has 0 bridgehead atoms. The third-order valence-corrected chi connectivity index (χ3v) is 5.21. The molecule has 0 radical (unpaired) electrons. The Morgan fingerprint density at radius 2 is 1.68 bits per heavy atom. The van der Waals surface area contributed by atoms with Crippen LogP contribution < -0.4 is 10.0 Å². The summed E-state index contributed by atoms with van der Waals surface area (Å²) in [7, 11) is -3.75. The highest BCUT2D eigenvalue weighted by Gasteiger charge is 2.14. The van der Waals surface area contributed by atoms with Gasteiger partial charge >= 0.3 is 0 Å². The molecule has 0 aliphatic heterocycles. The number of nitrogens with zero attached hydrogens (tertiary/aromatic N) is 1. The van der Waals surface area contributed by atoms with Crippen molar-refractivity contribution in [2.24, 2.45) is 0 Å². The molecule has 0 saturated carbocycles. The molecule has 0 unspecified atom stereocenters. The van der Waals surface area contributed by atoms with E-state index in [1.807, 2.05) is 31.2 Å². The van der Waals surface area contributed by atoms with Crippen LogP contribution in [0.5, 0.6) is 0 Å². The molecule has 0 aliphatic rings. The molecule has 3 aromatic rings. The standard InChI is InChI=1S/C21H19N3O3S/c1-16-5-7-17(8-6-16)9-14-21(25)23-18-10-12-19(13-11-18)28(26,27)24-20-4-2-3-15-22-20/h2-15H,1H3,(H,22,24)(H,23,25)/b14-9+. The molecule has 0 atom stereocenters. The molecule has 28 heavy (non-hydrogen) atoms. The van der Waals surface area contributed by atoms with E-state index in [1.165, 1.54) is 36.5 Å². The normalized spacial score (nSPS) is 11.3. The largest absolute Gasteiger partial charge is 0.323 e. The fourth-order valence-electron chi connectivity index (χ4n) is 2.37. The first-order valence-corrected chi connectivity index (χ1v) is 10.0. The molecule has 142 valence electrons. The Hall–Kier alpha value is -3.45. The minimum atomic E-state index is -3.75. The fraction of sp³-hybridized carbons (Fsp3) is 0.0476. The van der Waals surface area contributed by atoms with Gasteiger partial charge in [0.2, 0.25) is 5.91 Å². The lowest BCUT2D eigenvalue weighted by molar-refractivity contribution is -0.111. The van der Waals surface area contributed by atoms with E-state index in [9.17, 15) is 13.2 Å². The Morgan fingerprint density at radius 1 is 0.964 bits per heavy atom. The molecule has 7 heteroatoms. The number of carbonyl (C=O) groups is 1. The molecule has 0 fully saturated rings. The third kappa shape index (κ3) is 5.28. The van der Waals surface area contributed by atoms with E-state index in [-0.39, 0.29) is 16.6 Å². The fourth-order valence-corrected chi connectivity index (χ4v) is 3.38. The van der Waals surface area contributed by atoms with Gasteiger partial charge in [-0.1, -0.05) is 35.9 Å². The van der Waals surface area contributed by atoms with Gasteiger partial charge in [0, 0.05) is 18.0 Å². The second-order valence-electron chi connectivity index (χ2n) is 6.08. The highest BCUT2D eigenvalue weighted by atomic mass is 32.2. The average Bonchev–Trinajstić information content (AvgIpc) is 2.68. The number of hydrogen-bond acceptors (Lipinski definition) is 4. The maximum Gasteiger partial charge on any atom is 0.263 e. The van der Waals surface area contributed by atoms with Crippen molar-refractivity contribution in [2.45, 2.75) is 11.8 Å². The summed E-state index contributed by atoms with van der Waals surface area (Å²) in [6, 6.07) is 18.6. The van der Waals surface area contributed by atoms with Gasteiger partial charge in [0.05, 0.1) is 4.90 Å². The first-order valence-electron chi connectivity index (χ1n) is 8.52.